The van der Waals surface area contributed by atoms with Crippen LogP contribution in [-0.4, -0.2) is 24.7 Å². The van der Waals surface area contributed by atoms with Gasteiger partial charge in [0, 0.05) is 18.3 Å². The summed E-state index contributed by atoms with van der Waals surface area (Å²) < 4.78 is 5.44. The minimum atomic E-state index is -0.211. The summed E-state index contributed by atoms with van der Waals surface area (Å²) in [5.41, 5.74) is 6.55. The predicted octanol–water partition coefficient (Wildman–Crippen LogP) is 2.22. The maximum Gasteiger partial charge on any atom is 0.255 e. The van der Waals surface area contributed by atoms with Gasteiger partial charge >= 0.3 is 0 Å². The first kappa shape index (κ1) is 13.2. The van der Waals surface area contributed by atoms with Crippen LogP contribution in [0.1, 0.15) is 30.1 Å². The monoisotopic (exact) mass is 268 g/mol. The third-order valence-electron chi connectivity index (χ3n) is 3.09. The molecule has 0 bridgehead atoms. The number of nitrogens with two attached hydrogens (primary N) is 1. The summed E-state index contributed by atoms with van der Waals surface area (Å²) >= 11 is 6.01. The third-order valence-corrected chi connectivity index (χ3v) is 3.41. The molecule has 18 heavy (non-hydrogen) atoms. The minimum Gasteiger partial charge on any atom is -0.398 e. The van der Waals surface area contributed by atoms with Gasteiger partial charge in [0.2, 0.25) is 0 Å². The molecule has 1 amide bonds. The second-order valence-corrected chi connectivity index (χ2v) is 4.99. The summed E-state index contributed by atoms with van der Waals surface area (Å²) in [6.07, 6.45) is 1.81. The quantitative estimate of drug-likeness (QED) is 0.809. The number of nitrogen functional groups attached to an aromatic ring is 1. The van der Waals surface area contributed by atoms with E-state index in [1.54, 1.807) is 18.2 Å². The van der Waals surface area contributed by atoms with Crippen molar-refractivity contribution in [3.05, 3.63) is 28.8 Å². The first-order chi connectivity index (χ1) is 8.58. The van der Waals surface area contributed by atoms with Crippen molar-refractivity contribution < 1.29 is 9.53 Å². The molecule has 1 aromatic carbocycles. The fourth-order valence-electron chi connectivity index (χ4n) is 2.17. The van der Waals surface area contributed by atoms with E-state index in [-0.39, 0.29) is 18.1 Å². The lowest BCUT2D eigenvalue weighted by Gasteiger charge is -2.28. The van der Waals surface area contributed by atoms with Crippen LogP contribution in [-0.2, 0) is 4.74 Å². The van der Waals surface area contributed by atoms with E-state index in [1.807, 2.05) is 6.92 Å². The topological polar surface area (TPSA) is 64.4 Å². The summed E-state index contributed by atoms with van der Waals surface area (Å²) in [5, 5.41) is 3.35. The van der Waals surface area contributed by atoms with Crippen molar-refractivity contribution in [2.45, 2.75) is 31.9 Å². The number of hydrogen-bond acceptors (Lipinski definition) is 3. The molecule has 3 N–H and O–H groups in total. The van der Waals surface area contributed by atoms with Crippen molar-refractivity contribution in [2.24, 2.45) is 0 Å². The van der Waals surface area contributed by atoms with E-state index in [0.29, 0.717) is 22.9 Å². The number of ether oxygens (including phenoxy) is 1. The number of nitrogens with one attached hydrogen (secondary N) is 1. The summed E-state index contributed by atoms with van der Waals surface area (Å²) in [4.78, 5) is 12.1. The van der Waals surface area contributed by atoms with E-state index in [1.165, 1.54) is 0 Å². The van der Waals surface area contributed by atoms with Gasteiger partial charge in [0.05, 0.1) is 16.7 Å². The zero-order chi connectivity index (χ0) is 13.1. The maximum absolute atomic E-state index is 12.1. The largest absolute Gasteiger partial charge is 0.398 e. The number of halogens is 1. The number of carbonyl (C=O) groups excluding carboxylic acids is 1. The van der Waals surface area contributed by atoms with Gasteiger partial charge in [-0.15, -0.1) is 0 Å². The van der Waals surface area contributed by atoms with E-state index >= 15 is 0 Å². The molecule has 5 heteroatoms. The van der Waals surface area contributed by atoms with Gasteiger partial charge in [-0.2, -0.15) is 0 Å². The van der Waals surface area contributed by atoms with E-state index in [0.717, 1.165) is 12.8 Å². The Morgan fingerprint density at radius 1 is 1.56 bits per heavy atom. The fourth-order valence-corrected chi connectivity index (χ4v) is 2.43. The first-order valence-corrected chi connectivity index (χ1v) is 6.42. The molecule has 1 aliphatic heterocycles. The van der Waals surface area contributed by atoms with Gasteiger partial charge in [-0.25, -0.2) is 0 Å². The Morgan fingerprint density at radius 2 is 2.33 bits per heavy atom. The summed E-state index contributed by atoms with van der Waals surface area (Å²) in [6.45, 7) is 2.67. The Morgan fingerprint density at radius 3 is 3.00 bits per heavy atom. The lowest BCUT2D eigenvalue weighted by atomic mass is 10.0. The molecule has 0 radical (unpaired) electrons. The van der Waals surface area contributed by atoms with E-state index in [9.17, 15) is 4.79 Å². The number of benzene rings is 1. The van der Waals surface area contributed by atoms with Crippen LogP contribution in [0.15, 0.2) is 18.2 Å². The molecular formula is C13H17ClN2O2. The zero-order valence-electron chi connectivity index (χ0n) is 10.3. The molecule has 1 aliphatic rings. The second kappa shape index (κ2) is 5.59. The Bertz CT molecular complexity index is 430. The van der Waals surface area contributed by atoms with Crippen LogP contribution in [0.2, 0.25) is 5.02 Å². The average molecular weight is 269 g/mol. The van der Waals surface area contributed by atoms with E-state index < -0.39 is 0 Å². The number of carbonyl (C=O) groups is 1. The molecule has 2 rings (SSSR count). The van der Waals surface area contributed by atoms with Crippen LogP contribution in [0.25, 0.3) is 0 Å². The summed E-state index contributed by atoms with van der Waals surface area (Å²) in [6, 6.07) is 5.19. The van der Waals surface area contributed by atoms with Crippen molar-refractivity contribution in [1.29, 1.82) is 0 Å². The molecule has 1 fully saturated rings. The highest BCUT2D eigenvalue weighted by Crippen LogP contribution is 2.22. The zero-order valence-corrected chi connectivity index (χ0v) is 11.0. The van der Waals surface area contributed by atoms with Crippen molar-refractivity contribution in [3.63, 3.8) is 0 Å². The van der Waals surface area contributed by atoms with Crippen molar-refractivity contribution in [1.82, 2.24) is 5.32 Å². The molecular weight excluding hydrogens is 252 g/mol. The van der Waals surface area contributed by atoms with Crippen LogP contribution >= 0.6 is 11.6 Å². The molecule has 1 saturated heterocycles. The molecule has 2 unspecified atom stereocenters. The van der Waals surface area contributed by atoms with Gasteiger partial charge in [0.15, 0.2) is 0 Å². The van der Waals surface area contributed by atoms with Crippen LogP contribution in [0, 0.1) is 0 Å². The highest BCUT2D eigenvalue weighted by Gasteiger charge is 2.23. The third kappa shape index (κ3) is 2.94. The smallest absolute Gasteiger partial charge is 0.255 e. The summed E-state index contributed by atoms with van der Waals surface area (Å²) in [5.74, 6) is -0.211. The number of anilines is 1. The van der Waals surface area contributed by atoms with Crippen LogP contribution in [0.5, 0.6) is 0 Å². The van der Waals surface area contributed by atoms with Gasteiger partial charge < -0.3 is 15.8 Å². The Labute approximate surface area is 111 Å². The highest BCUT2D eigenvalue weighted by atomic mass is 35.5. The molecule has 0 aliphatic carbocycles. The Kier molecular flexibility index (Phi) is 4.09. The predicted molar refractivity (Wildman–Crippen MR) is 71.8 cm³/mol. The fraction of sp³-hybridized carbons (Fsp3) is 0.462. The van der Waals surface area contributed by atoms with Crippen LogP contribution in [0.4, 0.5) is 5.69 Å². The molecule has 4 nitrogen and oxygen atoms in total. The molecule has 0 aromatic heterocycles. The van der Waals surface area contributed by atoms with Gasteiger partial charge in [-0.3, -0.25) is 4.79 Å². The maximum atomic E-state index is 12.1. The lowest BCUT2D eigenvalue weighted by molar-refractivity contribution is 0.0137. The number of hydrogen-bond donors (Lipinski definition) is 2. The SMILES string of the molecule is CC1CC(NC(=O)c2c(N)cccc2Cl)CCO1. The van der Waals surface area contributed by atoms with Gasteiger partial charge in [-0.1, -0.05) is 17.7 Å². The molecule has 98 valence electrons. The van der Waals surface area contributed by atoms with Crippen molar-refractivity contribution in [3.8, 4) is 0 Å². The standard InChI is InChI=1S/C13H17ClN2O2/c1-8-7-9(5-6-18-8)16-13(17)12-10(14)3-2-4-11(12)15/h2-4,8-9H,5-7,15H2,1H3,(H,16,17). The minimum absolute atomic E-state index is 0.122. The number of amides is 1. The average Bonchev–Trinajstić information content (AvgIpc) is 2.28. The molecule has 0 saturated carbocycles. The van der Waals surface area contributed by atoms with E-state index in [2.05, 4.69) is 5.32 Å². The van der Waals surface area contributed by atoms with Gasteiger partial charge in [0.1, 0.15) is 0 Å². The molecule has 0 spiro atoms. The second-order valence-electron chi connectivity index (χ2n) is 4.58. The summed E-state index contributed by atoms with van der Waals surface area (Å²) in [7, 11) is 0. The lowest BCUT2D eigenvalue weighted by Crippen LogP contribution is -2.41. The highest BCUT2D eigenvalue weighted by molar-refractivity contribution is 6.34. The Balaban J connectivity index is 2.07. The van der Waals surface area contributed by atoms with E-state index in [4.69, 9.17) is 22.1 Å². The molecule has 1 heterocycles. The number of rotatable bonds is 2. The van der Waals surface area contributed by atoms with Crippen LogP contribution in [0.3, 0.4) is 0 Å². The Hall–Kier alpha value is -1.26. The van der Waals surface area contributed by atoms with Crippen molar-refractivity contribution >= 4 is 23.2 Å². The van der Waals surface area contributed by atoms with Gasteiger partial charge in [-0.05, 0) is 31.9 Å². The first-order valence-electron chi connectivity index (χ1n) is 6.04. The van der Waals surface area contributed by atoms with Crippen molar-refractivity contribution in [2.75, 3.05) is 12.3 Å². The molecule has 2 atom stereocenters. The normalized spacial score (nSPS) is 23.7. The van der Waals surface area contributed by atoms with Gasteiger partial charge in [0.25, 0.3) is 5.91 Å². The van der Waals surface area contributed by atoms with Crippen LogP contribution < -0.4 is 11.1 Å². The molecule has 1 aromatic rings.